The monoisotopic (exact) mass is 370 g/mol. The van der Waals surface area contributed by atoms with Crippen LogP contribution in [0, 0.1) is 5.92 Å². The van der Waals surface area contributed by atoms with E-state index in [9.17, 15) is 18.0 Å². The lowest BCUT2D eigenvalue weighted by atomic mass is 9.93. The van der Waals surface area contributed by atoms with Gasteiger partial charge in [0.2, 0.25) is 0 Å². The van der Waals surface area contributed by atoms with Gasteiger partial charge in [-0.1, -0.05) is 30.3 Å². The minimum Gasteiger partial charge on any atom is -0.445 e. The number of nitrogens with zero attached hydrogens (tertiary/aromatic N) is 2. The Hall–Kier alpha value is -1.76. The molecule has 0 bridgehead atoms. The fourth-order valence-electron chi connectivity index (χ4n) is 3.83. The van der Waals surface area contributed by atoms with E-state index >= 15 is 0 Å². The summed E-state index contributed by atoms with van der Waals surface area (Å²) in [6, 6.07) is 9.60. The molecule has 0 aliphatic carbocycles. The molecule has 0 aromatic heterocycles. The van der Waals surface area contributed by atoms with E-state index in [0.29, 0.717) is 32.4 Å². The molecule has 0 spiro atoms. The summed E-state index contributed by atoms with van der Waals surface area (Å²) in [5.41, 5.74) is 0.933. The normalized spacial score (nSPS) is 23.0. The number of benzene rings is 1. The highest BCUT2D eigenvalue weighted by Gasteiger charge is 2.43. The van der Waals surface area contributed by atoms with E-state index in [-0.39, 0.29) is 31.7 Å². The summed E-state index contributed by atoms with van der Waals surface area (Å²) in [6.45, 7) is 2.11. The van der Waals surface area contributed by atoms with Crippen molar-refractivity contribution in [2.24, 2.45) is 5.92 Å². The maximum absolute atomic E-state index is 13.0. The molecular weight excluding hydrogens is 345 g/mol. The zero-order chi connectivity index (χ0) is 18.6. The minimum atomic E-state index is -4.11. The Morgan fingerprint density at radius 2 is 1.77 bits per heavy atom. The van der Waals surface area contributed by atoms with Gasteiger partial charge in [0, 0.05) is 25.7 Å². The van der Waals surface area contributed by atoms with Crippen molar-refractivity contribution in [2.45, 2.75) is 44.5 Å². The number of alkyl halides is 3. The Morgan fingerprint density at radius 3 is 2.42 bits per heavy atom. The van der Waals surface area contributed by atoms with Crippen molar-refractivity contribution in [3.63, 3.8) is 0 Å². The molecule has 3 rings (SSSR count). The van der Waals surface area contributed by atoms with Crippen molar-refractivity contribution in [3.8, 4) is 0 Å². The standard InChI is InChI=1S/C19H25F3N2O2/c20-19(21,22)16-7-4-10-24(13-16)17-8-11-23(12-9-17)18(25)26-14-15-5-2-1-3-6-15/h1-3,5-6,16-17H,4,7-14H2. The molecular formula is C19H25F3N2O2. The molecule has 2 saturated heterocycles. The lowest BCUT2D eigenvalue weighted by Gasteiger charge is -2.42. The van der Waals surface area contributed by atoms with Crippen LogP contribution in [0.2, 0.25) is 0 Å². The van der Waals surface area contributed by atoms with E-state index in [1.807, 2.05) is 35.2 Å². The summed E-state index contributed by atoms with van der Waals surface area (Å²) in [7, 11) is 0. The number of ether oxygens (including phenoxy) is 1. The average Bonchev–Trinajstić information content (AvgIpc) is 2.66. The third kappa shape index (κ3) is 4.90. The van der Waals surface area contributed by atoms with Crippen molar-refractivity contribution in [3.05, 3.63) is 35.9 Å². The van der Waals surface area contributed by atoms with E-state index in [4.69, 9.17) is 4.74 Å². The van der Waals surface area contributed by atoms with Gasteiger partial charge in [-0.15, -0.1) is 0 Å². The first-order valence-electron chi connectivity index (χ1n) is 9.20. The van der Waals surface area contributed by atoms with Gasteiger partial charge in [0.05, 0.1) is 5.92 Å². The van der Waals surface area contributed by atoms with Gasteiger partial charge in [-0.3, -0.25) is 4.90 Å². The number of piperidine rings is 2. The highest BCUT2D eigenvalue weighted by atomic mass is 19.4. The van der Waals surface area contributed by atoms with Crippen molar-refractivity contribution >= 4 is 6.09 Å². The summed E-state index contributed by atoms with van der Waals surface area (Å²) in [4.78, 5) is 15.8. The van der Waals surface area contributed by atoms with Crippen LogP contribution in [0.3, 0.4) is 0 Å². The number of rotatable bonds is 3. The van der Waals surface area contributed by atoms with Crippen molar-refractivity contribution < 1.29 is 22.7 Å². The summed E-state index contributed by atoms with van der Waals surface area (Å²) < 4.78 is 44.3. The SMILES string of the molecule is O=C(OCc1ccccc1)N1CCC(N2CCCC(C(F)(F)F)C2)CC1. The molecule has 1 amide bonds. The van der Waals surface area contributed by atoms with Crippen LogP contribution in [0.4, 0.5) is 18.0 Å². The van der Waals surface area contributed by atoms with E-state index in [0.717, 1.165) is 12.1 Å². The lowest BCUT2D eigenvalue weighted by Crippen LogP contribution is -2.51. The lowest BCUT2D eigenvalue weighted by molar-refractivity contribution is -0.189. The molecule has 2 aliphatic rings. The third-order valence-corrected chi connectivity index (χ3v) is 5.36. The van der Waals surface area contributed by atoms with Gasteiger partial charge >= 0.3 is 12.3 Å². The van der Waals surface area contributed by atoms with Gasteiger partial charge < -0.3 is 9.64 Å². The van der Waals surface area contributed by atoms with Gasteiger partial charge in [-0.2, -0.15) is 13.2 Å². The van der Waals surface area contributed by atoms with Gasteiger partial charge in [0.15, 0.2) is 0 Å². The first-order chi connectivity index (χ1) is 12.4. The third-order valence-electron chi connectivity index (χ3n) is 5.36. The molecule has 26 heavy (non-hydrogen) atoms. The average molecular weight is 370 g/mol. The van der Waals surface area contributed by atoms with Gasteiger partial charge in [0.25, 0.3) is 0 Å². The van der Waals surface area contributed by atoms with Crippen molar-refractivity contribution in [1.82, 2.24) is 9.80 Å². The van der Waals surface area contributed by atoms with E-state index in [1.54, 1.807) is 4.90 Å². The molecule has 1 aromatic carbocycles. The Kier molecular flexibility index (Phi) is 6.06. The predicted octanol–water partition coefficient (Wildman–Crippen LogP) is 4.06. The molecule has 2 fully saturated rings. The zero-order valence-corrected chi connectivity index (χ0v) is 14.8. The summed E-state index contributed by atoms with van der Waals surface area (Å²) >= 11 is 0. The maximum Gasteiger partial charge on any atom is 0.410 e. The zero-order valence-electron chi connectivity index (χ0n) is 14.8. The Labute approximate surface area is 151 Å². The number of hydrogen-bond acceptors (Lipinski definition) is 3. The van der Waals surface area contributed by atoms with Crippen LogP contribution in [0.25, 0.3) is 0 Å². The molecule has 0 saturated carbocycles. The number of hydrogen-bond donors (Lipinski definition) is 0. The number of carbonyl (C=O) groups excluding carboxylic acids is 1. The van der Waals surface area contributed by atoms with Crippen LogP contribution in [0.1, 0.15) is 31.2 Å². The number of likely N-dealkylation sites (tertiary alicyclic amines) is 2. The molecule has 4 nitrogen and oxygen atoms in total. The number of carbonyl (C=O) groups is 1. The minimum absolute atomic E-state index is 0.0899. The van der Waals surface area contributed by atoms with Gasteiger partial charge in [0.1, 0.15) is 6.61 Å². The fourth-order valence-corrected chi connectivity index (χ4v) is 3.83. The molecule has 2 aliphatic heterocycles. The van der Waals surface area contributed by atoms with E-state index < -0.39 is 12.1 Å². The Morgan fingerprint density at radius 1 is 1.08 bits per heavy atom. The number of amides is 1. The number of halogens is 3. The molecule has 7 heteroatoms. The molecule has 144 valence electrons. The highest BCUT2D eigenvalue weighted by Crippen LogP contribution is 2.34. The van der Waals surface area contributed by atoms with Gasteiger partial charge in [-0.25, -0.2) is 4.79 Å². The van der Waals surface area contributed by atoms with Crippen molar-refractivity contribution in [1.29, 1.82) is 0 Å². The molecule has 1 unspecified atom stereocenters. The van der Waals surface area contributed by atoms with Gasteiger partial charge in [-0.05, 0) is 37.8 Å². The molecule has 2 heterocycles. The second-order valence-corrected chi connectivity index (χ2v) is 7.13. The van der Waals surface area contributed by atoms with Crippen LogP contribution >= 0.6 is 0 Å². The van der Waals surface area contributed by atoms with Crippen molar-refractivity contribution in [2.75, 3.05) is 26.2 Å². The van der Waals surface area contributed by atoms with Crippen LogP contribution in [-0.2, 0) is 11.3 Å². The quantitative estimate of drug-likeness (QED) is 0.804. The smallest absolute Gasteiger partial charge is 0.410 e. The van der Waals surface area contributed by atoms with Crippen LogP contribution in [-0.4, -0.2) is 54.3 Å². The first-order valence-corrected chi connectivity index (χ1v) is 9.20. The maximum atomic E-state index is 13.0. The van der Waals surface area contributed by atoms with Crippen LogP contribution in [0.5, 0.6) is 0 Å². The molecule has 1 atom stereocenters. The molecule has 1 aromatic rings. The molecule has 0 radical (unpaired) electrons. The summed E-state index contributed by atoms with van der Waals surface area (Å²) in [6.07, 6.45) is -2.25. The largest absolute Gasteiger partial charge is 0.445 e. The second kappa shape index (κ2) is 8.29. The Balaban J connectivity index is 1.44. The van der Waals surface area contributed by atoms with Crippen LogP contribution < -0.4 is 0 Å². The second-order valence-electron chi connectivity index (χ2n) is 7.13. The van der Waals surface area contributed by atoms with E-state index in [1.165, 1.54) is 0 Å². The van der Waals surface area contributed by atoms with Crippen LogP contribution in [0.15, 0.2) is 30.3 Å². The molecule has 0 N–H and O–H groups in total. The summed E-state index contributed by atoms with van der Waals surface area (Å²) in [5, 5.41) is 0. The fraction of sp³-hybridized carbons (Fsp3) is 0.632. The van der Waals surface area contributed by atoms with E-state index in [2.05, 4.69) is 0 Å². The topological polar surface area (TPSA) is 32.8 Å². The first kappa shape index (κ1) is 19.0. The Bertz CT molecular complexity index is 586. The predicted molar refractivity (Wildman–Crippen MR) is 91.6 cm³/mol. The highest BCUT2D eigenvalue weighted by molar-refractivity contribution is 5.67. The summed E-state index contributed by atoms with van der Waals surface area (Å²) in [5.74, 6) is -1.22.